The molecule has 0 fully saturated rings. The van der Waals surface area contributed by atoms with E-state index in [4.69, 9.17) is 16.7 Å². The lowest BCUT2D eigenvalue weighted by Gasteiger charge is -2.29. The molecule has 0 spiro atoms. The second-order valence-electron chi connectivity index (χ2n) is 5.01. The fraction of sp³-hybridized carbons (Fsp3) is 0.267. The quantitative estimate of drug-likeness (QED) is 0.726. The lowest BCUT2D eigenvalue weighted by atomic mass is 10.1. The standard InChI is InChI=1S/C15H15ClFN3O3S/c1-9(5-6-12(21)22)20(19-15-18-7-8-24-15)14(23)10-3-2-4-11(16)13(10)17/h2-4,7-9H,5-6H2,1H3,(H,18,19)(H,21,22). The number of nitrogens with one attached hydrogen (secondary N) is 1. The van der Waals surface area contributed by atoms with E-state index in [1.165, 1.54) is 34.5 Å². The van der Waals surface area contributed by atoms with Gasteiger partial charge in [-0.1, -0.05) is 17.7 Å². The summed E-state index contributed by atoms with van der Waals surface area (Å²) in [6.45, 7) is 1.67. The molecule has 6 nitrogen and oxygen atoms in total. The number of amides is 1. The van der Waals surface area contributed by atoms with Gasteiger partial charge in [-0.2, -0.15) is 0 Å². The number of carboxylic acid groups (broad SMARTS) is 1. The van der Waals surface area contributed by atoms with E-state index in [9.17, 15) is 14.0 Å². The van der Waals surface area contributed by atoms with Crippen LogP contribution in [-0.2, 0) is 4.79 Å². The molecule has 2 rings (SSSR count). The summed E-state index contributed by atoms with van der Waals surface area (Å²) in [5, 5.41) is 12.0. The van der Waals surface area contributed by atoms with Crippen molar-refractivity contribution in [3.63, 3.8) is 0 Å². The van der Waals surface area contributed by atoms with Crippen LogP contribution in [0.4, 0.5) is 9.52 Å². The van der Waals surface area contributed by atoms with E-state index in [0.717, 1.165) is 0 Å². The predicted octanol–water partition coefficient (Wildman–Crippen LogP) is 3.66. The van der Waals surface area contributed by atoms with Gasteiger partial charge in [0, 0.05) is 18.0 Å². The second kappa shape index (κ2) is 8.07. The predicted molar refractivity (Wildman–Crippen MR) is 89.6 cm³/mol. The van der Waals surface area contributed by atoms with Gasteiger partial charge in [-0.25, -0.2) is 14.4 Å². The van der Waals surface area contributed by atoms with Gasteiger partial charge in [0.15, 0.2) is 5.82 Å². The number of thiazole rings is 1. The van der Waals surface area contributed by atoms with Gasteiger partial charge in [-0.05, 0) is 25.5 Å². The van der Waals surface area contributed by atoms with Crippen molar-refractivity contribution >= 4 is 39.9 Å². The Bertz CT molecular complexity index is 727. The zero-order valence-corrected chi connectivity index (χ0v) is 14.3. The van der Waals surface area contributed by atoms with Crippen molar-refractivity contribution in [2.75, 3.05) is 5.43 Å². The summed E-state index contributed by atoms with van der Waals surface area (Å²) in [6, 6.07) is 3.64. The molecule has 2 aromatic rings. The Morgan fingerprint density at radius 1 is 1.50 bits per heavy atom. The van der Waals surface area contributed by atoms with Crippen molar-refractivity contribution in [2.45, 2.75) is 25.8 Å². The number of carbonyl (C=O) groups excluding carboxylic acids is 1. The van der Waals surface area contributed by atoms with Crippen LogP contribution in [0.3, 0.4) is 0 Å². The molecule has 1 amide bonds. The molecule has 24 heavy (non-hydrogen) atoms. The molecule has 0 bridgehead atoms. The number of aliphatic carboxylic acids is 1. The number of hydrogen-bond donors (Lipinski definition) is 2. The van der Waals surface area contributed by atoms with Crippen molar-refractivity contribution in [1.29, 1.82) is 0 Å². The Labute approximate surface area is 146 Å². The van der Waals surface area contributed by atoms with Crippen LogP contribution >= 0.6 is 22.9 Å². The molecule has 2 N–H and O–H groups in total. The zero-order chi connectivity index (χ0) is 17.7. The average Bonchev–Trinajstić information content (AvgIpc) is 3.05. The maximum atomic E-state index is 14.2. The van der Waals surface area contributed by atoms with Crippen molar-refractivity contribution in [2.24, 2.45) is 0 Å². The van der Waals surface area contributed by atoms with Gasteiger partial charge in [-0.15, -0.1) is 11.3 Å². The van der Waals surface area contributed by atoms with Gasteiger partial charge in [0.1, 0.15) is 0 Å². The molecule has 9 heteroatoms. The van der Waals surface area contributed by atoms with Gasteiger partial charge < -0.3 is 5.11 Å². The van der Waals surface area contributed by atoms with Crippen molar-refractivity contribution in [3.05, 3.63) is 46.2 Å². The first kappa shape index (κ1) is 18.2. The molecule has 0 aliphatic rings. The number of benzene rings is 1. The highest BCUT2D eigenvalue weighted by Crippen LogP contribution is 2.22. The minimum atomic E-state index is -0.975. The van der Waals surface area contributed by atoms with E-state index in [2.05, 4.69) is 10.4 Å². The van der Waals surface area contributed by atoms with Crippen LogP contribution in [0.2, 0.25) is 5.02 Å². The highest BCUT2D eigenvalue weighted by molar-refractivity contribution is 7.13. The van der Waals surface area contributed by atoms with Crippen LogP contribution in [0.25, 0.3) is 0 Å². The van der Waals surface area contributed by atoms with E-state index < -0.39 is 23.7 Å². The maximum absolute atomic E-state index is 14.2. The van der Waals surface area contributed by atoms with Crippen LogP contribution in [0.5, 0.6) is 0 Å². The summed E-state index contributed by atoms with van der Waals surface area (Å²) < 4.78 is 14.2. The summed E-state index contributed by atoms with van der Waals surface area (Å²) >= 11 is 6.99. The first-order chi connectivity index (χ1) is 11.4. The molecule has 0 aliphatic heterocycles. The SMILES string of the molecule is CC(CCC(=O)O)N(Nc1nccs1)C(=O)c1cccc(Cl)c1F. The lowest BCUT2D eigenvalue weighted by Crippen LogP contribution is -2.43. The third-order valence-electron chi connectivity index (χ3n) is 3.27. The first-order valence-corrected chi connectivity index (χ1v) is 8.31. The van der Waals surface area contributed by atoms with Crippen LogP contribution in [0, 0.1) is 5.82 Å². The van der Waals surface area contributed by atoms with Crippen LogP contribution in [0.1, 0.15) is 30.1 Å². The molecular weight excluding hydrogens is 357 g/mol. The normalized spacial score (nSPS) is 11.8. The maximum Gasteiger partial charge on any atom is 0.303 e. The molecule has 0 radical (unpaired) electrons. The van der Waals surface area contributed by atoms with E-state index in [-0.39, 0.29) is 23.4 Å². The first-order valence-electron chi connectivity index (χ1n) is 7.05. The molecule has 1 heterocycles. The summed E-state index contributed by atoms with van der Waals surface area (Å²) in [6.07, 6.45) is 1.63. The molecule has 1 unspecified atom stereocenters. The van der Waals surface area contributed by atoms with Gasteiger partial charge in [0.25, 0.3) is 5.91 Å². The van der Waals surface area contributed by atoms with Gasteiger partial charge in [0.05, 0.1) is 16.6 Å². The Kier molecular flexibility index (Phi) is 6.10. The Balaban J connectivity index is 2.28. The molecule has 1 aromatic carbocycles. The molecule has 1 aromatic heterocycles. The average molecular weight is 372 g/mol. The van der Waals surface area contributed by atoms with Gasteiger partial charge >= 0.3 is 5.97 Å². The topological polar surface area (TPSA) is 82.5 Å². The summed E-state index contributed by atoms with van der Waals surface area (Å²) in [7, 11) is 0. The number of hydrazine groups is 1. The van der Waals surface area contributed by atoms with Crippen molar-refractivity contribution in [1.82, 2.24) is 9.99 Å². The Hall–Kier alpha value is -2.19. The number of nitrogens with zero attached hydrogens (tertiary/aromatic N) is 2. The van der Waals surface area contributed by atoms with E-state index in [0.29, 0.717) is 5.13 Å². The van der Waals surface area contributed by atoms with Crippen molar-refractivity contribution in [3.8, 4) is 0 Å². The minimum Gasteiger partial charge on any atom is -0.481 e. The van der Waals surface area contributed by atoms with Crippen LogP contribution in [0.15, 0.2) is 29.8 Å². The second-order valence-corrected chi connectivity index (χ2v) is 6.31. The third kappa shape index (κ3) is 4.42. The van der Waals surface area contributed by atoms with Crippen LogP contribution in [-0.4, -0.2) is 33.0 Å². The van der Waals surface area contributed by atoms with Gasteiger partial charge in [-0.3, -0.25) is 15.0 Å². The molecule has 1 atom stereocenters. The molecule has 0 saturated heterocycles. The fourth-order valence-corrected chi connectivity index (χ4v) is 2.70. The number of carbonyl (C=O) groups is 2. The highest BCUT2D eigenvalue weighted by atomic mass is 35.5. The molecule has 128 valence electrons. The number of rotatable bonds is 7. The molecular formula is C15H15ClFN3O3S. The van der Waals surface area contributed by atoms with E-state index in [1.807, 2.05) is 0 Å². The lowest BCUT2D eigenvalue weighted by molar-refractivity contribution is -0.137. The monoisotopic (exact) mass is 371 g/mol. The summed E-state index contributed by atoms with van der Waals surface area (Å²) in [5.41, 5.74) is 2.62. The minimum absolute atomic E-state index is 0.122. The Morgan fingerprint density at radius 2 is 2.25 bits per heavy atom. The fourth-order valence-electron chi connectivity index (χ4n) is 2.00. The zero-order valence-electron chi connectivity index (χ0n) is 12.7. The number of halogens is 2. The van der Waals surface area contributed by atoms with E-state index in [1.54, 1.807) is 18.5 Å². The Morgan fingerprint density at radius 3 is 2.88 bits per heavy atom. The summed E-state index contributed by atoms with van der Waals surface area (Å²) in [4.78, 5) is 27.5. The molecule has 0 saturated carbocycles. The number of carboxylic acids is 1. The number of anilines is 1. The van der Waals surface area contributed by atoms with E-state index >= 15 is 0 Å². The van der Waals surface area contributed by atoms with Crippen molar-refractivity contribution < 1.29 is 19.1 Å². The highest BCUT2D eigenvalue weighted by Gasteiger charge is 2.26. The third-order valence-corrected chi connectivity index (χ3v) is 4.24. The van der Waals surface area contributed by atoms with Gasteiger partial charge in [0.2, 0.25) is 5.13 Å². The number of aromatic nitrogens is 1. The smallest absolute Gasteiger partial charge is 0.303 e. The molecule has 0 aliphatic carbocycles. The largest absolute Gasteiger partial charge is 0.481 e. The summed E-state index contributed by atoms with van der Waals surface area (Å²) in [5.74, 6) is -2.44. The number of hydrogen-bond acceptors (Lipinski definition) is 5. The van der Waals surface area contributed by atoms with Crippen LogP contribution < -0.4 is 5.43 Å².